The molecule has 0 bridgehead atoms. The summed E-state index contributed by atoms with van der Waals surface area (Å²) in [4.78, 5) is 16.8. The van der Waals surface area contributed by atoms with Crippen LogP contribution in [0.2, 0.25) is 0 Å². The minimum absolute atomic E-state index is 0.0637. The van der Waals surface area contributed by atoms with Crippen molar-refractivity contribution >= 4 is 15.9 Å². The number of nitrogens with zero attached hydrogens (tertiary/aromatic N) is 4. The molecule has 8 nitrogen and oxygen atoms in total. The molecule has 0 radical (unpaired) electrons. The molecule has 0 spiro atoms. The molecule has 2 aromatic heterocycles. The van der Waals surface area contributed by atoms with Crippen molar-refractivity contribution in [3.63, 3.8) is 0 Å². The molecular formula is C22H25N5O3S. The third-order valence-electron chi connectivity index (χ3n) is 5.31. The molecule has 1 aliphatic heterocycles. The van der Waals surface area contributed by atoms with Crippen LogP contribution in [0.4, 0.5) is 0 Å². The lowest BCUT2D eigenvalue weighted by Gasteiger charge is -2.15. The molecule has 9 heteroatoms. The van der Waals surface area contributed by atoms with Gasteiger partial charge in [-0.25, -0.2) is 18.1 Å². The van der Waals surface area contributed by atoms with Gasteiger partial charge in [0.1, 0.15) is 0 Å². The van der Waals surface area contributed by atoms with Crippen LogP contribution in [0.5, 0.6) is 0 Å². The van der Waals surface area contributed by atoms with Gasteiger partial charge in [-0.05, 0) is 60.7 Å². The monoisotopic (exact) mass is 439 g/mol. The molecule has 162 valence electrons. The summed E-state index contributed by atoms with van der Waals surface area (Å²) in [7, 11) is -3.40. The van der Waals surface area contributed by atoms with Crippen LogP contribution in [0.25, 0.3) is 5.82 Å². The van der Waals surface area contributed by atoms with Gasteiger partial charge in [-0.1, -0.05) is 12.1 Å². The number of carbonyl (C=O) groups excluding carboxylic acids is 1. The maximum Gasteiger partial charge on any atom is 0.243 e. The van der Waals surface area contributed by atoms with Gasteiger partial charge in [-0.15, -0.1) is 0 Å². The van der Waals surface area contributed by atoms with E-state index in [-0.39, 0.29) is 5.91 Å². The summed E-state index contributed by atoms with van der Waals surface area (Å²) >= 11 is 0. The maximum absolute atomic E-state index is 12.6. The van der Waals surface area contributed by atoms with Gasteiger partial charge in [0.2, 0.25) is 15.9 Å². The van der Waals surface area contributed by atoms with E-state index in [9.17, 15) is 13.2 Å². The number of hydrogen-bond donors (Lipinski definition) is 1. The van der Waals surface area contributed by atoms with Crippen molar-refractivity contribution in [2.24, 2.45) is 0 Å². The van der Waals surface area contributed by atoms with Crippen LogP contribution in [0.15, 0.2) is 66.0 Å². The lowest BCUT2D eigenvalue weighted by molar-refractivity contribution is -0.121. The third-order valence-corrected chi connectivity index (χ3v) is 7.22. The minimum Gasteiger partial charge on any atom is -0.352 e. The van der Waals surface area contributed by atoms with Crippen molar-refractivity contribution in [1.82, 2.24) is 24.4 Å². The van der Waals surface area contributed by atoms with E-state index in [1.807, 2.05) is 24.4 Å². The number of amides is 1. The second-order valence-electron chi connectivity index (χ2n) is 7.50. The molecule has 4 rings (SSSR count). The summed E-state index contributed by atoms with van der Waals surface area (Å²) < 4.78 is 28.4. The fourth-order valence-corrected chi connectivity index (χ4v) is 5.07. The molecule has 0 saturated carbocycles. The van der Waals surface area contributed by atoms with Gasteiger partial charge in [0, 0.05) is 44.6 Å². The van der Waals surface area contributed by atoms with E-state index >= 15 is 0 Å². The summed E-state index contributed by atoms with van der Waals surface area (Å²) in [5.74, 6) is 0.631. The highest BCUT2D eigenvalue weighted by Gasteiger charge is 2.26. The number of aromatic nitrogens is 3. The topological polar surface area (TPSA) is 97.2 Å². The van der Waals surface area contributed by atoms with Crippen LogP contribution in [-0.4, -0.2) is 46.5 Å². The molecule has 1 saturated heterocycles. The lowest BCUT2D eigenvalue weighted by atomic mass is 10.1. The fraction of sp³-hybridized carbons (Fsp3) is 0.318. The SMILES string of the molecule is O=C(CCc1ccc(S(=O)(=O)N2CCCC2)cc1)NCc1ccnc(-n2cccn2)c1. The zero-order valence-electron chi connectivity index (χ0n) is 17.1. The van der Waals surface area contributed by atoms with Gasteiger partial charge < -0.3 is 5.32 Å². The molecule has 1 aromatic carbocycles. The van der Waals surface area contributed by atoms with Crippen LogP contribution in [0.1, 0.15) is 30.4 Å². The summed E-state index contributed by atoms with van der Waals surface area (Å²) in [6.07, 6.45) is 7.89. The van der Waals surface area contributed by atoms with Gasteiger partial charge in [-0.3, -0.25) is 4.79 Å². The number of carbonyl (C=O) groups is 1. The molecule has 0 unspecified atom stereocenters. The first-order chi connectivity index (χ1) is 15.0. The molecule has 0 aliphatic carbocycles. The number of nitrogens with one attached hydrogen (secondary N) is 1. The minimum atomic E-state index is -3.40. The molecule has 1 fully saturated rings. The van der Waals surface area contributed by atoms with E-state index in [0.29, 0.717) is 43.2 Å². The van der Waals surface area contributed by atoms with Gasteiger partial charge in [0.05, 0.1) is 4.90 Å². The largest absolute Gasteiger partial charge is 0.352 e. The van der Waals surface area contributed by atoms with E-state index < -0.39 is 10.0 Å². The summed E-state index contributed by atoms with van der Waals surface area (Å²) in [5, 5.41) is 7.07. The van der Waals surface area contributed by atoms with Gasteiger partial charge >= 0.3 is 0 Å². The number of pyridine rings is 1. The number of hydrogen-bond acceptors (Lipinski definition) is 5. The van der Waals surface area contributed by atoms with E-state index in [1.165, 1.54) is 4.31 Å². The Kier molecular flexibility index (Phi) is 6.43. The zero-order chi connectivity index (χ0) is 21.7. The van der Waals surface area contributed by atoms with Crippen LogP contribution >= 0.6 is 0 Å². The first-order valence-electron chi connectivity index (χ1n) is 10.3. The van der Waals surface area contributed by atoms with Gasteiger partial charge in [0.15, 0.2) is 5.82 Å². The Balaban J connectivity index is 1.28. The van der Waals surface area contributed by atoms with Crippen molar-refractivity contribution in [2.75, 3.05) is 13.1 Å². The smallest absolute Gasteiger partial charge is 0.243 e. The fourth-order valence-electron chi connectivity index (χ4n) is 3.55. The zero-order valence-corrected chi connectivity index (χ0v) is 18.0. The van der Waals surface area contributed by atoms with Crippen LogP contribution in [0.3, 0.4) is 0 Å². The average molecular weight is 440 g/mol. The van der Waals surface area contributed by atoms with Crippen molar-refractivity contribution in [1.29, 1.82) is 0 Å². The summed E-state index contributed by atoms with van der Waals surface area (Å²) in [6, 6.07) is 12.4. The quantitative estimate of drug-likeness (QED) is 0.581. The molecule has 31 heavy (non-hydrogen) atoms. The van der Waals surface area contributed by atoms with Crippen molar-refractivity contribution in [2.45, 2.75) is 37.1 Å². The van der Waals surface area contributed by atoms with E-state index in [1.54, 1.807) is 41.3 Å². The van der Waals surface area contributed by atoms with Crippen LogP contribution in [-0.2, 0) is 27.8 Å². The molecule has 1 amide bonds. The third kappa shape index (κ3) is 5.18. The Hall–Kier alpha value is -3.04. The molecule has 1 aliphatic rings. The van der Waals surface area contributed by atoms with Gasteiger partial charge in [0.25, 0.3) is 0 Å². The van der Waals surface area contributed by atoms with Crippen LogP contribution in [0, 0.1) is 0 Å². The normalized spacial score (nSPS) is 14.6. The first kappa shape index (κ1) is 21.2. The molecule has 3 heterocycles. The summed E-state index contributed by atoms with van der Waals surface area (Å²) in [6.45, 7) is 1.58. The number of sulfonamides is 1. The Morgan fingerprint density at radius 2 is 1.81 bits per heavy atom. The molecule has 3 aromatic rings. The van der Waals surface area contributed by atoms with Gasteiger partial charge in [-0.2, -0.15) is 9.40 Å². The second kappa shape index (κ2) is 9.40. The Labute approximate surface area is 182 Å². The van der Waals surface area contributed by atoms with Crippen molar-refractivity contribution in [3.8, 4) is 5.82 Å². The highest BCUT2D eigenvalue weighted by Crippen LogP contribution is 2.21. The van der Waals surface area contributed by atoms with E-state index in [4.69, 9.17) is 0 Å². The number of rotatable bonds is 8. The highest BCUT2D eigenvalue weighted by molar-refractivity contribution is 7.89. The average Bonchev–Trinajstić information content (AvgIpc) is 3.51. The number of benzene rings is 1. The van der Waals surface area contributed by atoms with Crippen molar-refractivity contribution in [3.05, 3.63) is 72.2 Å². The van der Waals surface area contributed by atoms with E-state index in [2.05, 4.69) is 15.4 Å². The predicted octanol–water partition coefficient (Wildman–Crippen LogP) is 2.30. The Morgan fingerprint density at radius 1 is 1.03 bits per heavy atom. The molecular weight excluding hydrogens is 414 g/mol. The Morgan fingerprint density at radius 3 is 2.52 bits per heavy atom. The first-order valence-corrected chi connectivity index (χ1v) is 11.8. The lowest BCUT2D eigenvalue weighted by Crippen LogP contribution is -2.27. The standard InChI is InChI=1S/C22H25N5O3S/c28-22(24-17-19-10-12-23-21(16-19)27-15-3-11-25-27)9-6-18-4-7-20(8-5-18)31(29,30)26-13-1-2-14-26/h3-5,7-8,10-12,15-16H,1-2,6,9,13-14,17H2,(H,24,28). The predicted molar refractivity (Wildman–Crippen MR) is 116 cm³/mol. The summed E-state index contributed by atoms with van der Waals surface area (Å²) in [5.41, 5.74) is 1.87. The second-order valence-corrected chi connectivity index (χ2v) is 9.44. The van der Waals surface area contributed by atoms with Crippen molar-refractivity contribution < 1.29 is 13.2 Å². The molecule has 0 atom stereocenters. The van der Waals surface area contributed by atoms with Crippen LogP contribution < -0.4 is 5.32 Å². The maximum atomic E-state index is 12.6. The Bertz CT molecular complexity index is 1120. The number of aryl methyl sites for hydroxylation is 1. The highest BCUT2D eigenvalue weighted by atomic mass is 32.2. The van der Waals surface area contributed by atoms with E-state index in [0.717, 1.165) is 24.0 Å². The molecule has 1 N–H and O–H groups in total.